The molecule has 2 nitrogen and oxygen atoms in total. The zero-order chi connectivity index (χ0) is 9.52. The van der Waals surface area contributed by atoms with Crippen molar-refractivity contribution in [1.82, 2.24) is 10.3 Å². The van der Waals surface area contributed by atoms with Crippen LogP contribution in [-0.2, 0) is 0 Å². The Hall–Kier alpha value is -0.890. The molecule has 1 aromatic rings. The Morgan fingerprint density at radius 3 is 2.77 bits per heavy atom. The highest BCUT2D eigenvalue weighted by molar-refractivity contribution is 5.08. The molecule has 1 rings (SSSR count). The van der Waals surface area contributed by atoms with Crippen LogP contribution in [0.15, 0.2) is 24.4 Å². The summed E-state index contributed by atoms with van der Waals surface area (Å²) < 4.78 is 0. The number of nitrogens with zero attached hydrogens (tertiary/aromatic N) is 1. The summed E-state index contributed by atoms with van der Waals surface area (Å²) in [5.41, 5.74) is 1.15. The van der Waals surface area contributed by atoms with Gasteiger partial charge < -0.3 is 5.32 Å². The molecule has 2 heteroatoms. The predicted octanol–water partition coefficient (Wildman–Crippen LogP) is 2.53. The zero-order valence-corrected chi connectivity index (χ0v) is 8.46. The Labute approximate surface area is 80.4 Å². The minimum atomic E-state index is 0.418. The number of hydrogen-bond acceptors (Lipinski definition) is 2. The molecule has 0 spiro atoms. The summed E-state index contributed by atoms with van der Waals surface area (Å²) in [4.78, 5) is 4.34. The van der Waals surface area contributed by atoms with E-state index >= 15 is 0 Å². The molecule has 0 aromatic carbocycles. The second kappa shape index (κ2) is 5.70. The van der Waals surface area contributed by atoms with E-state index in [-0.39, 0.29) is 0 Å². The van der Waals surface area contributed by atoms with E-state index in [0.717, 1.165) is 18.7 Å². The van der Waals surface area contributed by atoms with Gasteiger partial charge in [-0.2, -0.15) is 0 Å². The summed E-state index contributed by atoms with van der Waals surface area (Å²) in [6.45, 7) is 5.43. The Morgan fingerprint density at radius 1 is 1.38 bits per heavy atom. The van der Waals surface area contributed by atoms with Crippen LogP contribution in [0.1, 0.15) is 38.4 Å². The maximum absolute atomic E-state index is 4.34. The normalized spacial score (nSPS) is 12.8. The fourth-order valence-corrected chi connectivity index (χ4v) is 1.36. The van der Waals surface area contributed by atoms with E-state index in [9.17, 15) is 0 Å². The van der Waals surface area contributed by atoms with Crippen molar-refractivity contribution < 1.29 is 0 Å². The monoisotopic (exact) mass is 178 g/mol. The van der Waals surface area contributed by atoms with Crippen molar-refractivity contribution >= 4 is 0 Å². The van der Waals surface area contributed by atoms with Crippen LogP contribution in [0.25, 0.3) is 0 Å². The van der Waals surface area contributed by atoms with Crippen LogP contribution in [0.5, 0.6) is 0 Å². The lowest BCUT2D eigenvalue weighted by Gasteiger charge is -2.15. The molecule has 0 aliphatic heterocycles. The van der Waals surface area contributed by atoms with Gasteiger partial charge in [0.15, 0.2) is 0 Å². The average molecular weight is 178 g/mol. The molecule has 72 valence electrons. The van der Waals surface area contributed by atoms with Gasteiger partial charge in [0, 0.05) is 12.2 Å². The van der Waals surface area contributed by atoms with E-state index in [1.165, 1.54) is 6.42 Å². The van der Waals surface area contributed by atoms with E-state index in [1.807, 2.05) is 18.3 Å². The van der Waals surface area contributed by atoms with Crippen LogP contribution < -0.4 is 5.32 Å². The molecule has 0 bridgehead atoms. The Kier molecular flexibility index (Phi) is 4.47. The van der Waals surface area contributed by atoms with Crippen LogP contribution in [0.4, 0.5) is 0 Å². The number of rotatable bonds is 5. The molecule has 1 heterocycles. The van der Waals surface area contributed by atoms with Crippen LogP contribution in [0.3, 0.4) is 0 Å². The van der Waals surface area contributed by atoms with Crippen LogP contribution >= 0.6 is 0 Å². The molecule has 0 aliphatic carbocycles. The molecule has 1 atom stereocenters. The minimum Gasteiger partial charge on any atom is -0.309 e. The van der Waals surface area contributed by atoms with E-state index in [2.05, 4.69) is 30.2 Å². The first-order valence-corrected chi connectivity index (χ1v) is 5.02. The maximum atomic E-state index is 4.34. The van der Waals surface area contributed by atoms with Gasteiger partial charge in [0.05, 0.1) is 5.69 Å². The van der Waals surface area contributed by atoms with Crippen molar-refractivity contribution in [2.75, 3.05) is 6.54 Å². The molecule has 1 N–H and O–H groups in total. The lowest BCUT2D eigenvalue weighted by atomic mass is 10.1. The van der Waals surface area contributed by atoms with Crippen LogP contribution in [0.2, 0.25) is 0 Å². The van der Waals surface area contributed by atoms with Gasteiger partial charge in [-0.25, -0.2) is 0 Å². The first kappa shape index (κ1) is 10.2. The molecule has 1 unspecified atom stereocenters. The largest absolute Gasteiger partial charge is 0.309 e. The number of aromatic nitrogens is 1. The molecule has 0 aliphatic rings. The maximum Gasteiger partial charge on any atom is 0.0573 e. The number of nitrogens with one attached hydrogen (secondary N) is 1. The first-order chi connectivity index (χ1) is 6.38. The van der Waals surface area contributed by atoms with Gasteiger partial charge in [-0.05, 0) is 31.5 Å². The third-order valence-electron chi connectivity index (χ3n) is 2.09. The molecule has 0 amide bonds. The Balaban J connectivity index is 2.56. The molecular weight excluding hydrogens is 160 g/mol. The standard InChI is InChI=1S/C11H18N2/c1-3-8-12-10(4-2)11-7-5-6-9-13-11/h5-7,9-10,12H,3-4,8H2,1-2H3. The average Bonchev–Trinajstić information content (AvgIpc) is 2.21. The Morgan fingerprint density at radius 2 is 2.23 bits per heavy atom. The number of hydrogen-bond donors (Lipinski definition) is 1. The fraction of sp³-hybridized carbons (Fsp3) is 0.545. The molecule has 0 saturated heterocycles. The van der Waals surface area contributed by atoms with Crippen molar-refractivity contribution in [3.8, 4) is 0 Å². The van der Waals surface area contributed by atoms with Gasteiger partial charge in [0.2, 0.25) is 0 Å². The van der Waals surface area contributed by atoms with Crippen molar-refractivity contribution in [1.29, 1.82) is 0 Å². The van der Waals surface area contributed by atoms with E-state index in [4.69, 9.17) is 0 Å². The SMILES string of the molecule is CCCNC(CC)c1ccccn1. The fourth-order valence-electron chi connectivity index (χ4n) is 1.36. The van der Waals surface area contributed by atoms with Gasteiger partial charge in [-0.15, -0.1) is 0 Å². The summed E-state index contributed by atoms with van der Waals surface area (Å²) in [6.07, 6.45) is 4.12. The topological polar surface area (TPSA) is 24.9 Å². The highest BCUT2D eigenvalue weighted by Crippen LogP contribution is 2.12. The summed E-state index contributed by atoms with van der Waals surface area (Å²) in [5.74, 6) is 0. The highest BCUT2D eigenvalue weighted by Gasteiger charge is 2.07. The van der Waals surface area contributed by atoms with E-state index in [1.54, 1.807) is 0 Å². The summed E-state index contributed by atoms with van der Waals surface area (Å²) in [7, 11) is 0. The van der Waals surface area contributed by atoms with Crippen molar-refractivity contribution in [2.45, 2.75) is 32.7 Å². The van der Waals surface area contributed by atoms with E-state index < -0.39 is 0 Å². The van der Waals surface area contributed by atoms with Crippen molar-refractivity contribution in [3.05, 3.63) is 30.1 Å². The summed E-state index contributed by atoms with van der Waals surface area (Å²) in [6, 6.07) is 6.49. The predicted molar refractivity (Wildman–Crippen MR) is 55.6 cm³/mol. The zero-order valence-electron chi connectivity index (χ0n) is 8.46. The van der Waals surface area contributed by atoms with Gasteiger partial charge in [-0.3, -0.25) is 4.98 Å². The third-order valence-corrected chi connectivity index (χ3v) is 2.09. The first-order valence-electron chi connectivity index (χ1n) is 5.02. The second-order valence-electron chi connectivity index (χ2n) is 3.17. The molecule has 0 saturated carbocycles. The minimum absolute atomic E-state index is 0.418. The van der Waals surface area contributed by atoms with Crippen LogP contribution in [-0.4, -0.2) is 11.5 Å². The van der Waals surface area contributed by atoms with Gasteiger partial charge >= 0.3 is 0 Å². The van der Waals surface area contributed by atoms with Crippen LogP contribution in [0, 0.1) is 0 Å². The van der Waals surface area contributed by atoms with Gasteiger partial charge in [0.25, 0.3) is 0 Å². The van der Waals surface area contributed by atoms with E-state index in [0.29, 0.717) is 6.04 Å². The smallest absolute Gasteiger partial charge is 0.0573 e. The third kappa shape index (κ3) is 3.15. The highest BCUT2D eigenvalue weighted by atomic mass is 14.9. The quantitative estimate of drug-likeness (QED) is 0.749. The molecule has 0 radical (unpaired) electrons. The number of pyridine rings is 1. The van der Waals surface area contributed by atoms with Gasteiger partial charge in [-0.1, -0.05) is 19.9 Å². The second-order valence-corrected chi connectivity index (χ2v) is 3.17. The molecule has 0 fully saturated rings. The summed E-state index contributed by atoms with van der Waals surface area (Å²) >= 11 is 0. The molecule has 1 aromatic heterocycles. The lowest BCUT2D eigenvalue weighted by Crippen LogP contribution is -2.22. The summed E-state index contributed by atoms with van der Waals surface area (Å²) in [5, 5.41) is 3.47. The van der Waals surface area contributed by atoms with Crippen molar-refractivity contribution in [3.63, 3.8) is 0 Å². The van der Waals surface area contributed by atoms with Gasteiger partial charge in [0.1, 0.15) is 0 Å². The lowest BCUT2D eigenvalue weighted by molar-refractivity contribution is 0.507. The van der Waals surface area contributed by atoms with Crippen molar-refractivity contribution in [2.24, 2.45) is 0 Å². The molecular formula is C11H18N2. The Bertz CT molecular complexity index is 221. The molecule has 13 heavy (non-hydrogen) atoms.